The van der Waals surface area contributed by atoms with E-state index in [1.54, 1.807) is 0 Å². The van der Waals surface area contributed by atoms with Crippen LogP contribution in [0.2, 0.25) is 0 Å². The third-order valence-electron chi connectivity index (χ3n) is 2.89. The molecule has 1 unspecified atom stereocenters. The maximum absolute atomic E-state index is 11.5. The van der Waals surface area contributed by atoms with Gasteiger partial charge >= 0.3 is 5.97 Å². The van der Waals surface area contributed by atoms with Crippen LogP contribution in [-0.4, -0.2) is 18.4 Å². The predicted molar refractivity (Wildman–Crippen MR) is 63.0 cm³/mol. The van der Waals surface area contributed by atoms with Gasteiger partial charge in [-0.15, -0.1) is 0 Å². The molecule has 16 heavy (non-hydrogen) atoms. The minimum absolute atomic E-state index is 0.0773. The van der Waals surface area contributed by atoms with Crippen LogP contribution in [0.1, 0.15) is 59.3 Å². The van der Waals surface area contributed by atoms with Crippen molar-refractivity contribution in [3.8, 4) is 0 Å². The average molecular weight is 228 g/mol. The molecule has 1 atom stereocenters. The maximum atomic E-state index is 11.5. The summed E-state index contributed by atoms with van der Waals surface area (Å²) in [5.41, 5.74) is 0. The van der Waals surface area contributed by atoms with Crippen LogP contribution in [0.4, 0.5) is 0 Å². The Morgan fingerprint density at radius 2 is 1.94 bits per heavy atom. The first-order valence-corrected chi connectivity index (χ1v) is 6.49. The second-order valence-corrected chi connectivity index (χ2v) is 4.85. The van der Waals surface area contributed by atoms with Crippen molar-refractivity contribution in [3.05, 3.63) is 0 Å². The molecule has 1 aliphatic carbocycles. The molecule has 0 saturated heterocycles. The summed E-state index contributed by atoms with van der Waals surface area (Å²) in [7, 11) is 0. The molecule has 1 saturated carbocycles. The second kappa shape index (κ2) is 6.89. The molecule has 0 aliphatic heterocycles. The number of rotatable bonds is 6. The number of ether oxygens (including phenoxy) is 2. The lowest BCUT2D eigenvalue weighted by atomic mass is 10.2. The molecule has 0 spiro atoms. The quantitative estimate of drug-likeness (QED) is 0.517. The highest BCUT2D eigenvalue weighted by atomic mass is 16.7. The van der Waals surface area contributed by atoms with Crippen molar-refractivity contribution in [1.29, 1.82) is 0 Å². The zero-order chi connectivity index (χ0) is 12.0. The van der Waals surface area contributed by atoms with Gasteiger partial charge in [0, 0.05) is 6.42 Å². The van der Waals surface area contributed by atoms with E-state index in [4.69, 9.17) is 9.47 Å². The Balaban J connectivity index is 2.36. The fourth-order valence-electron chi connectivity index (χ4n) is 1.90. The first-order chi connectivity index (χ1) is 7.63. The third kappa shape index (κ3) is 4.52. The van der Waals surface area contributed by atoms with Gasteiger partial charge < -0.3 is 9.47 Å². The summed E-state index contributed by atoms with van der Waals surface area (Å²) in [4.78, 5) is 11.5. The lowest BCUT2D eigenvalue weighted by molar-refractivity contribution is -0.194. The van der Waals surface area contributed by atoms with Crippen LogP contribution in [0, 0.1) is 5.92 Å². The Morgan fingerprint density at radius 3 is 2.44 bits per heavy atom. The minimum atomic E-state index is -0.331. The average Bonchev–Trinajstić information content (AvgIpc) is 2.70. The van der Waals surface area contributed by atoms with Crippen LogP contribution in [0.5, 0.6) is 0 Å². The van der Waals surface area contributed by atoms with Crippen LogP contribution in [0.25, 0.3) is 0 Å². The molecule has 0 aromatic heterocycles. The van der Waals surface area contributed by atoms with Gasteiger partial charge in [0.15, 0.2) is 0 Å². The fourth-order valence-corrected chi connectivity index (χ4v) is 1.90. The Bertz CT molecular complexity index is 207. The molecular formula is C13H24O3. The van der Waals surface area contributed by atoms with Gasteiger partial charge in [-0.25, -0.2) is 0 Å². The van der Waals surface area contributed by atoms with Crippen molar-refractivity contribution in [2.45, 2.75) is 71.7 Å². The Hall–Kier alpha value is -0.570. The first kappa shape index (κ1) is 13.5. The van der Waals surface area contributed by atoms with E-state index < -0.39 is 0 Å². The Labute approximate surface area is 98.5 Å². The third-order valence-corrected chi connectivity index (χ3v) is 2.89. The minimum Gasteiger partial charge on any atom is -0.436 e. The van der Waals surface area contributed by atoms with E-state index in [-0.39, 0.29) is 18.2 Å². The molecule has 3 heteroatoms. The summed E-state index contributed by atoms with van der Waals surface area (Å²) in [5, 5.41) is 0. The summed E-state index contributed by atoms with van der Waals surface area (Å²) in [6.07, 6.45) is 6.44. The van der Waals surface area contributed by atoms with Crippen molar-refractivity contribution >= 4 is 5.97 Å². The van der Waals surface area contributed by atoms with E-state index in [1.165, 1.54) is 12.8 Å². The SMILES string of the molecule is CCCC(OC(=O)C(C)C)OC1CCCC1. The number of hydrogen-bond acceptors (Lipinski definition) is 3. The van der Waals surface area contributed by atoms with Gasteiger partial charge in [-0.1, -0.05) is 40.0 Å². The van der Waals surface area contributed by atoms with E-state index in [2.05, 4.69) is 6.92 Å². The molecule has 3 nitrogen and oxygen atoms in total. The number of hydrogen-bond donors (Lipinski definition) is 0. The topological polar surface area (TPSA) is 35.5 Å². The Morgan fingerprint density at radius 1 is 1.31 bits per heavy atom. The lowest BCUT2D eigenvalue weighted by Gasteiger charge is -2.22. The van der Waals surface area contributed by atoms with Crippen LogP contribution >= 0.6 is 0 Å². The summed E-state index contributed by atoms with van der Waals surface area (Å²) >= 11 is 0. The lowest BCUT2D eigenvalue weighted by Crippen LogP contribution is -2.27. The van der Waals surface area contributed by atoms with Gasteiger partial charge in [0.1, 0.15) is 0 Å². The van der Waals surface area contributed by atoms with Crippen LogP contribution in [-0.2, 0) is 14.3 Å². The first-order valence-electron chi connectivity index (χ1n) is 6.49. The van der Waals surface area contributed by atoms with E-state index in [0.29, 0.717) is 6.10 Å². The van der Waals surface area contributed by atoms with Gasteiger partial charge in [-0.3, -0.25) is 4.79 Å². The molecule has 0 radical (unpaired) electrons. The van der Waals surface area contributed by atoms with Gasteiger partial charge in [0.2, 0.25) is 6.29 Å². The molecular weight excluding hydrogens is 204 g/mol. The van der Waals surface area contributed by atoms with Crippen LogP contribution in [0.3, 0.4) is 0 Å². The van der Waals surface area contributed by atoms with Crippen molar-refractivity contribution in [1.82, 2.24) is 0 Å². The molecule has 0 bridgehead atoms. The molecule has 94 valence electrons. The second-order valence-electron chi connectivity index (χ2n) is 4.85. The molecule has 0 N–H and O–H groups in total. The van der Waals surface area contributed by atoms with Gasteiger partial charge in [0.05, 0.1) is 12.0 Å². The highest BCUT2D eigenvalue weighted by Crippen LogP contribution is 2.24. The van der Waals surface area contributed by atoms with E-state index in [1.807, 2.05) is 13.8 Å². The molecule has 0 aromatic rings. The van der Waals surface area contributed by atoms with Crippen molar-refractivity contribution in [3.63, 3.8) is 0 Å². The van der Waals surface area contributed by atoms with E-state index >= 15 is 0 Å². The number of carbonyl (C=O) groups excluding carboxylic acids is 1. The molecule has 1 aliphatic rings. The normalized spacial score (nSPS) is 19.0. The van der Waals surface area contributed by atoms with Crippen LogP contribution in [0.15, 0.2) is 0 Å². The zero-order valence-electron chi connectivity index (χ0n) is 10.7. The molecule has 1 rings (SSSR count). The maximum Gasteiger partial charge on any atom is 0.310 e. The largest absolute Gasteiger partial charge is 0.436 e. The highest BCUT2D eigenvalue weighted by Gasteiger charge is 2.23. The molecule has 0 heterocycles. The number of esters is 1. The van der Waals surface area contributed by atoms with Crippen LogP contribution < -0.4 is 0 Å². The monoisotopic (exact) mass is 228 g/mol. The fraction of sp³-hybridized carbons (Fsp3) is 0.923. The summed E-state index contributed by atoms with van der Waals surface area (Å²) in [6.45, 7) is 5.77. The van der Waals surface area contributed by atoms with Crippen molar-refractivity contribution < 1.29 is 14.3 Å². The summed E-state index contributed by atoms with van der Waals surface area (Å²) in [5.74, 6) is -0.233. The molecule has 1 fully saturated rings. The van der Waals surface area contributed by atoms with Gasteiger partial charge in [-0.2, -0.15) is 0 Å². The Kier molecular flexibility index (Phi) is 5.81. The van der Waals surface area contributed by atoms with Crippen molar-refractivity contribution in [2.24, 2.45) is 5.92 Å². The number of carbonyl (C=O) groups is 1. The van der Waals surface area contributed by atoms with E-state index in [0.717, 1.165) is 25.7 Å². The van der Waals surface area contributed by atoms with Crippen molar-refractivity contribution in [2.75, 3.05) is 0 Å². The smallest absolute Gasteiger partial charge is 0.310 e. The zero-order valence-corrected chi connectivity index (χ0v) is 10.7. The predicted octanol–water partition coefficient (Wildman–Crippen LogP) is 3.27. The van der Waals surface area contributed by atoms with Gasteiger partial charge in [0.25, 0.3) is 0 Å². The standard InChI is InChI=1S/C13H24O3/c1-4-7-12(16-13(14)10(2)3)15-11-8-5-6-9-11/h10-12H,4-9H2,1-3H3. The summed E-state index contributed by atoms with van der Waals surface area (Å²) < 4.78 is 11.2. The van der Waals surface area contributed by atoms with Gasteiger partial charge in [-0.05, 0) is 12.8 Å². The molecule has 0 aromatic carbocycles. The summed E-state index contributed by atoms with van der Waals surface area (Å²) in [6, 6.07) is 0. The molecule has 0 amide bonds. The van der Waals surface area contributed by atoms with E-state index in [9.17, 15) is 4.79 Å². The highest BCUT2D eigenvalue weighted by molar-refractivity contribution is 5.71.